The molecule has 0 spiro atoms. The van der Waals surface area contributed by atoms with Gasteiger partial charge in [0.1, 0.15) is 0 Å². The summed E-state index contributed by atoms with van der Waals surface area (Å²) >= 11 is 5.83. The lowest BCUT2D eigenvalue weighted by Gasteiger charge is -2.11. The fourth-order valence-corrected chi connectivity index (χ4v) is 2.20. The first-order valence-corrected chi connectivity index (χ1v) is 6.49. The highest BCUT2D eigenvalue weighted by Crippen LogP contribution is 2.13. The fourth-order valence-electron chi connectivity index (χ4n) is 2.08. The SMILES string of the molecule is Cc1cccc(CC(O)Cc2ccc(Cl)cc2)c1. The van der Waals surface area contributed by atoms with Gasteiger partial charge in [-0.3, -0.25) is 0 Å². The van der Waals surface area contributed by atoms with Gasteiger partial charge < -0.3 is 5.11 Å². The van der Waals surface area contributed by atoms with Crippen molar-refractivity contribution < 1.29 is 5.11 Å². The molecule has 0 fully saturated rings. The Labute approximate surface area is 113 Å². The van der Waals surface area contributed by atoms with Crippen molar-refractivity contribution in [2.75, 3.05) is 0 Å². The number of aryl methyl sites for hydroxylation is 1. The zero-order chi connectivity index (χ0) is 13.0. The quantitative estimate of drug-likeness (QED) is 0.887. The molecule has 1 atom stereocenters. The number of benzene rings is 2. The number of aliphatic hydroxyl groups is 1. The molecular weight excluding hydrogens is 244 g/mol. The van der Waals surface area contributed by atoms with Crippen LogP contribution in [0, 0.1) is 6.92 Å². The molecule has 0 aromatic heterocycles. The van der Waals surface area contributed by atoms with E-state index in [9.17, 15) is 5.11 Å². The lowest BCUT2D eigenvalue weighted by atomic mass is 10.0. The van der Waals surface area contributed by atoms with Gasteiger partial charge >= 0.3 is 0 Å². The largest absolute Gasteiger partial charge is 0.392 e. The second kappa shape index (κ2) is 6.03. The van der Waals surface area contributed by atoms with E-state index < -0.39 is 0 Å². The summed E-state index contributed by atoms with van der Waals surface area (Å²) in [5.74, 6) is 0. The van der Waals surface area contributed by atoms with Crippen LogP contribution in [0.3, 0.4) is 0 Å². The molecule has 94 valence electrons. The van der Waals surface area contributed by atoms with E-state index in [-0.39, 0.29) is 6.10 Å². The first-order chi connectivity index (χ1) is 8.63. The van der Waals surface area contributed by atoms with Crippen LogP contribution in [-0.4, -0.2) is 11.2 Å². The molecule has 0 heterocycles. The molecule has 1 unspecified atom stereocenters. The second-order valence-corrected chi connectivity index (χ2v) is 5.11. The van der Waals surface area contributed by atoms with Crippen LogP contribution < -0.4 is 0 Å². The van der Waals surface area contributed by atoms with Crippen LogP contribution in [0.5, 0.6) is 0 Å². The fraction of sp³-hybridized carbons (Fsp3) is 0.250. The summed E-state index contributed by atoms with van der Waals surface area (Å²) in [6.07, 6.45) is 0.989. The predicted molar refractivity (Wildman–Crippen MR) is 76.0 cm³/mol. The van der Waals surface area contributed by atoms with Gasteiger partial charge in [0.25, 0.3) is 0 Å². The molecule has 0 amide bonds. The Kier molecular flexibility index (Phi) is 4.40. The maximum absolute atomic E-state index is 10.1. The third-order valence-electron chi connectivity index (χ3n) is 2.94. The van der Waals surface area contributed by atoms with Crippen molar-refractivity contribution in [3.63, 3.8) is 0 Å². The van der Waals surface area contributed by atoms with E-state index in [0.29, 0.717) is 12.8 Å². The van der Waals surface area contributed by atoms with Crippen LogP contribution in [0.2, 0.25) is 5.02 Å². The Morgan fingerprint density at radius 2 is 1.67 bits per heavy atom. The van der Waals surface area contributed by atoms with Crippen LogP contribution in [-0.2, 0) is 12.8 Å². The standard InChI is InChI=1S/C16H17ClO/c1-12-3-2-4-14(9-12)11-16(18)10-13-5-7-15(17)8-6-13/h2-9,16,18H,10-11H2,1H3. The molecular formula is C16H17ClO. The van der Waals surface area contributed by atoms with Crippen molar-refractivity contribution >= 4 is 11.6 Å². The first kappa shape index (κ1) is 13.1. The smallest absolute Gasteiger partial charge is 0.0620 e. The van der Waals surface area contributed by atoms with Gasteiger partial charge in [0, 0.05) is 5.02 Å². The summed E-state index contributed by atoms with van der Waals surface area (Å²) in [4.78, 5) is 0. The molecule has 0 aliphatic carbocycles. The Hall–Kier alpha value is -1.31. The molecule has 0 radical (unpaired) electrons. The van der Waals surface area contributed by atoms with Crippen LogP contribution in [0.1, 0.15) is 16.7 Å². The van der Waals surface area contributed by atoms with Crippen LogP contribution in [0.15, 0.2) is 48.5 Å². The summed E-state index contributed by atoms with van der Waals surface area (Å²) in [6.45, 7) is 2.06. The van der Waals surface area contributed by atoms with Gasteiger partial charge in [0.05, 0.1) is 6.10 Å². The molecule has 0 saturated carbocycles. The molecule has 0 saturated heterocycles. The molecule has 2 aromatic carbocycles. The minimum Gasteiger partial charge on any atom is -0.392 e. The van der Waals surface area contributed by atoms with Gasteiger partial charge in [0.15, 0.2) is 0 Å². The summed E-state index contributed by atoms with van der Waals surface area (Å²) in [5.41, 5.74) is 3.52. The lowest BCUT2D eigenvalue weighted by molar-refractivity contribution is 0.175. The number of rotatable bonds is 4. The third-order valence-corrected chi connectivity index (χ3v) is 3.19. The number of halogens is 1. The molecule has 0 aliphatic heterocycles. The van der Waals surface area contributed by atoms with Crippen LogP contribution in [0.25, 0.3) is 0 Å². The molecule has 2 rings (SSSR count). The molecule has 2 heteroatoms. The third kappa shape index (κ3) is 3.86. The van der Waals surface area contributed by atoms with Crippen LogP contribution >= 0.6 is 11.6 Å². The first-order valence-electron chi connectivity index (χ1n) is 6.11. The molecule has 2 aromatic rings. The highest BCUT2D eigenvalue weighted by atomic mass is 35.5. The van der Waals surface area contributed by atoms with Crippen molar-refractivity contribution in [1.82, 2.24) is 0 Å². The van der Waals surface area contributed by atoms with Crippen molar-refractivity contribution in [3.05, 3.63) is 70.2 Å². The number of hydrogen-bond donors (Lipinski definition) is 1. The van der Waals surface area contributed by atoms with Crippen LogP contribution in [0.4, 0.5) is 0 Å². The van der Waals surface area contributed by atoms with E-state index in [0.717, 1.165) is 10.6 Å². The van der Waals surface area contributed by atoms with Gasteiger partial charge in [0.2, 0.25) is 0 Å². The van der Waals surface area contributed by atoms with Gasteiger partial charge in [-0.05, 0) is 43.0 Å². The van der Waals surface area contributed by atoms with Gasteiger partial charge in [-0.25, -0.2) is 0 Å². The minimum absolute atomic E-state index is 0.354. The molecule has 0 bridgehead atoms. The summed E-state index contributed by atoms with van der Waals surface area (Å²) < 4.78 is 0. The van der Waals surface area contributed by atoms with E-state index in [1.54, 1.807) is 0 Å². The number of hydrogen-bond acceptors (Lipinski definition) is 1. The zero-order valence-electron chi connectivity index (χ0n) is 10.4. The van der Waals surface area contributed by atoms with E-state index >= 15 is 0 Å². The van der Waals surface area contributed by atoms with E-state index in [2.05, 4.69) is 25.1 Å². The zero-order valence-corrected chi connectivity index (χ0v) is 11.2. The van der Waals surface area contributed by atoms with Gasteiger partial charge in [-0.2, -0.15) is 0 Å². The average molecular weight is 261 g/mol. The van der Waals surface area contributed by atoms with E-state index in [1.807, 2.05) is 30.3 Å². The Balaban J connectivity index is 1.96. The lowest BCUT2D eigenvalue weighted by Crippen LogP contribution is -2.13. The maximum Gasteiger partial charge on any atom is 0.0620 e. The summed E-state index contributed by atoms with van der Waals surface area (Å²) in [7, 11) is 0. The summed E-state index contributed by atoms with van der Waals surface area (Å²) in [6, 6.07) is 15.9. The molecule has 1 N–H and O–H groups in total. The van der Waals surface area contributed by atoms with Gasteiger partial charge in [-0.1, -0.05) is 53.6 Å². The Morgan fingerprint density at radius 1 is 1.00 bits per heavy atom. The molecule has 1 nitrogen and oxygen atoms in total. The second-order valence-electron chi connectivity index (χ2n) is 4.68. The van der Waals surface area contributed by atoms with E-state index in [4.69, 9.17) is 11.6 Å². The van der Waals surface area contributed by atoms with Crippen molar-refractivity contribution in [3.8, 4) is 0 Å². The number of aliphatic hydroxyl groups excluding tert-OH is 1. The normalized spacial score (nSPS) is 12.4. The Morgan fingerprint density at radius 3 is 2.33 bits per heavy atom. The van der Waals surface area contributed by atoms with Crippen molar-refractivity contribution in [1.29, 1.82) is 0 Å². The van der Waals surface area contributed by atoms with E-state index in [1.165, 1.54) is 11.1 Å². The highest BCUT2D eigenvalue weighted by molar-refractivity contribution is 6.30. The maximum atomic E-state index is 10.1. The average Bonchev–Trinajstić information content (AvgIpc) is 2.32. The minimum atomic E-state index is -0.354. The predicted octanol–water partition coefficient (Wildman–Crippen LogP) is 3.79. The Bertz CT molecular complexity index is 505. The van der Waals surface area contributed by atoms with Gasteiger partial charge in [-0.15, -0.1) is 0 Å². The monoisotopic (exact) mass is 260 g/mol. The van der Waals surface area contributed by atoms with Crippen molar-refractivity contribution in [2.24, 2.45) is 0 Å². The topological polar surface area (TPSA) is 20.2 Å². The van der Waals surface area contributed by atoms with Crippen molar-refractivity contribution in [2.45, 2.75) is 25.9 Å². The molecule has 18 heavy (non-hydrogen) atoms. The molecule has 0 aliphatic rings. The highest BCUT2D eigenvalue weighted by Gasteiger charge is 2.07. The summed E-state index contributed by atoms with van der Waals surface area (Å²) in [5, 5.41) is 10.8.